The summed E-state index contributed by atoms with van der Waals surface area (Å²) in [6.45, 7) is 1.79. The zero-order valence-electron chi connectivity index (χ0n) is 19.5. The average molecular weight is 466 g/mol. The lowest BCUT2D eigenvalue weighted by atomic mass is 9.76. The monoisotopic (exact) mass is 466 g/mol. The number of ketones is 1. The number of hydrogen-bond acceptors (Lipinski definition) is 7. The van der Waals surface area contributed by atoms with Gasteiger partial charge in [0.1, 0.15) is 5.75 Å². The summed E-state index contributed by atoms with van der Waals surface area (Å²) in [5.41, 5.74) is 2.83. The Morgan fingerprint density at radius 2 is 1.65 bits per heavy atom. The van der Waals surface area contributed by atoms with Gasteiger partial charge >= 0.3 is 0 Å². The van der Waals surface area contributed by atoms with E-state index in [2.05, 4.69) is 0 Å². The molecule has 9 nitrogen and oxygen atoms in total. The van der Waals surface area contributed by atoms with Gasteiger partial charge in [-0.15, -0.1) is 0 Å². The van der Waals surface area contributed by atoms with Crippen molar-refractivity contribution in [2.75, 3.05) is 26.2 Å². The molecule has 0 fully saturated rings. The molecule has 1 aliphatic carbocycles. The van der Waals surface area contributed by atoms with Crippen LogP contribution in [0.2, 0.25) is 0 Å². The highest BCUT2D eigenvalue weighted by Gasteiger charge is 2.41. The Bertz CT molecular complexity index is 1220. The maximum atomic E-state index is 13.6. The highest BCUT2D eigenvalue weighted by molar-refractivity contribution is 6.08. The van der Waals surface area contributed by atoms with Crippen LogP contribution in [0, 0.1) is 17.0 Å². The molecule has 0 saturated carbocycles. The lowest BCUT2D eigenvalue weighted by Gasteiger charge is -2.39. The second-order valence-electron chi connectivity index (χ2n) is 8.30. The maximum absolute atomic E-state index is 13.6. The van der Waals surface area contributed by atoms with Gasteiger partial charge in [0, 0.05) is 53.8 Å². The fourth-order valence-electron chi connectivity index (χ4n) is 4.82. The van der Waals surface area contributed by atoms with E-state index in [0.29, 0.717) is 64.6 Å². The maximum Gasteiger partial charge on any atom is 0.271 e. The number of hydrogen-bond donors (Lipinski definition) is 0. The van der Waals surface area contributed by atoms with Crippen LogP contribution in [-0.2, 0) is 9.59 Å². The number of aryl methyl sites for hydroxylation is 1. The Hall–Kier alpha value is -3.88. The molecule has 1 atom stereocenters. The van der Waals surface area contributed by atoms with E-state index >= 15 is 0 Å². The van der Waals surface area contributed by atoms with Gasteiger partial charge in [-0.05, 0) is 31.4 Å². The topological polar surface area (TPSA) is 108 Å². The molecule has 2 aliphatic rings. The number of nitro groups is 1. The molecule has 9 heteroatoms. The van der Waals surface area contributed by atoms with E-state index in [1.807, 2.05) is 0 Å². The second kappa shape index (κ2) is 9.17. The van der Waals surface area contributed by atoms with E-state index in [1.165, 1.54) is 38.4 Å². The molecule has 1 aliphatic heterocycles. The van der Waals surface area contributed by atoms with Crippen molar-refractivity contribution in [1.29, 1.82) is 0 Å². The van der Waals surface area contributed by atoms with E-state index in [0.717, 1.165) is 0 Å². The van der Waals surface area contributed by atoms with Crippen LogP contribution < -0.4 is 19.1 Å². The molecule has 0 aromatic heterocycles. The molecule has 0 saturated heterocycles. The van der Waals surface area contributed by atoms with Gasteiger partial charge in [0.25, 0.3) is 5.69 Å². The van der Waals surface area contributed by atoms with E-state index < -0.39 is 10.8 Å². The highest BCUT2D eigenvalue weighted by atomic mass is 16.6. The first kappa shape index (κ1) is 23.3. The molecular formula is C25H26N2O7. The average Bonchev–Trinajstić information content (AvgIpc) is 2.83. The molecule has 4 rings (SSSR count). The van der Waals surface area contributed by atoms with Crippen LogP contribution in [0.1, 0.15) is 42.7 Å². The summed E-state index contributed by atoms with van der Waals surface area (Å²) >= 11 is 0. The Morgan fingerprint density at radius 3 is 2.29 bits per heavy atom. The third-order valence-corrected chi connectivity index (χ3v) is 6.43. The lowest BCUT2D eigenvalue weighted by molar-refractivity contribution is -0.384. The molecule has 1 heterocycles. The van der Waals surface area contributed by atoms with Gasteiger partial charge in [0.05, 0.1) is 31.9 Å². The summed E-state index contributed by atoms with van der Waals surface area (Å²) < 4.78 is 16.4. The normalized spacial score (nSPS) is 18.0. The van der Waals surface area contributed by atoms with Gasteiger partial charge in [-0.1, -0.05) is 6.07 Å². The number of nitrogens with zero attached hydrogens (tertiary/aromatic N) is 2. The number of anilines is 1. The first-order valence-electron chi connectivity index (χ1n) is 10.9. The van der Waals surface area contributed by atoms with Crippen LogP contribution in [0.4, 0.5) is 11.4 Å². The largest absolute Gasteiger partial charge is 0.496 e. The van der Waals surface area contributed by atoms with Crippen molar-refractivity contribution in [3.05, 3.63) is 62.8 Å². The summed E-state index contributed by atoms with van der Waals surface area (Å²) in [6, 6.07) is 7.86. The summed E-state index contributed by atoms with van der Waals surface area (Å²) in [5, 5.41) is 11.4. The van der Waals surface area contributed by atoms with Gasteiger partial charge in [0.2, 0.25) is 5.91 Å². The Balaban J connectivity index is 1.92. The van der Waals surface area contributed by atoms with Crippen LogP contribution in [0.3, 0.4) is 0 Å². The fourth-order valence-corrected chi connectivity index (χ4v) is 4.82. The number of Topliss-reactive ketones (excluding diaryl/α,β-unsaturated/α-hetero) is 1. The minimum absolute atomic E-state index is 0.0124. The van der Waals surface area contributed by atoms with Crippen LogP contribution in [0.25, 0.3) is 0 Å². The van der Waals surface area contributed by atoms with Crippen LogP contribution in [0.5, 0.6) is 17.2 Å². The molecule has 2 aromatic rings. The molecule has 178 valence electrons. The number of nitro benzene ring substituents is 1. The third-order valence-electron chi connectivity index (χ3n) is 6.43. The smallest absolute Gasteiger partial charge is 0.271 e. The van der Waals surface area contributed by atoms with Gasteiger partial charge in [-0.25, -0.2) is 0 Å². The molecule has 0 bridgehead atoms. The lowest BCUT2D eigenvalue weighted by Crippen LogP contribution is -2.41. The molecule has 0 radical (unpaired) electrons. The molecule has 1 amide bonds. The summed E-state index contributed by atoms with van der Waals surface area (Å²) in [5.74, 6) is 0.625. The first-order valence-corrected chi connectivity index (χ1v) is 10.9. The predicted octanol–water partition coefficient (Wildman–Crippen LogP) is 4.46. The standard InChI is InChI=1S/C25H26N2O7/c1-14-8-9-15(27(30)31)10-19(14)26-18-6-5-7-20(28)25(18)17(12-24(26)29)16-11-22(33-3)23(34-4)13-21(16)32-2/h8-11,13,17H,5-7,12H2,1-4H3. The number of rotatable bonds is 6. The Morgan fingerprint density at radius 1 is 0.971 bits per heavy atom. The third kappa shape index (κ3) is 3.87. The van der Waals surface area contributed by atoms with Crippen LogP contribution >= 0.6 is 0 Å². The van der Waals surface area contributed by atoms with Crippen molar-refractivity contribution in [1.82, 2.24) is 0 Å². The van der Waals surface area contributed by atoms with Gasteiger partial charge in [-0.2, -0.15) is 0 Å². The van der Waals surface area contributed by atoms with Gasteiger partial charge < -0.3 is 14.2 Å². The number of non-ortho nitro benzene ring substituents is 1. The molecule has 1 unspecified atom stereocenters. The van der Waals surface area contributed by atoms with Gasteiger partial charge in [0.15, 0.2) is 17.3 Å². The number of carbonyl (C=O) groups excluding carboxylic acids is 2. The number of benzene rings is 2. The van der Waals surface area contributed by atoms with Crippen molar-refractivity contribution < 1.29 is 28.7 Å². The second-order valence-corrected chi connectivity index (χ2v) is 8.30. The molecular weight excluding hydrogens is 440 g/mol. The zero-order valence-corrected chi connectivity index (χ0v) is 19.5. The number of amides is 1. The minimum atomic E-state index is -0.527. The zero-order chi connectivity index (χ0) is 24.6. The SMILES string of the molecule is COc1cc(OC)c(C2CC(=O)N(c3cc([N+](=O)[O-])ccc3C)C3=C2C(=O)CCC3)cc1OC. The van der Waals surface area contributed by atoms with Crippen molar-refractivity contribution >= 4 is 23.1 Å². The number of carbonyl (C=O) groups is 2. The first-order chi connectivity index (χ1) is 16.3. The number of ether oxygens (including phenoxy) is 3. The number of allylic oxidation sites excluding steroid dienone is 2. The quantitative estimate of drug-likeness (QED) is 0.457. The summed E-state index contributed by atoms with van der Waals surface area (Å²) in [7, 11) is 4.56. The highest BCUT2D eigenvalue weighted by Crippen LogP contribution is 2.48. The predicted molar refractivity (Wildman–Crippen MR) is 125 cm³/mol. The molecule has 0 N–H and O–H groups in total. The van der Waals surface area contributed by atoms with E-state index in [1.54, 1.807) is 25.1 Å². The van der Waals surface area contributed by atoms with Crippen molar-refractivity contribution in [2.24, 2.45) is 0 Å². The Labute approximate surface area is 197 Å². The van der Waals surface area contributed by atoms with Crippen LogP contribution in [-0.4, -0.2) is 37.9 Å². The van der Waals surface area contributed by atoms with Gasteiger partial charge in [-0.3, -0.25) is 24.6 Å². The molecule has 34 heavy (non-hydrogen) atoms. The molecule has 2 aromatic carbocycles. The fraction of sp³-hybridized carbons (Fsp3) is 0.360. The summed E-state index contributed by atoms with van der Waals surface area (Å²) in [4.78, 5) is 39.2. The van der Waals surface area contributed by atoms with Crippen molar-refractivity contribution in [2.45, 2.75) is 38.5 Å². The Kier molecular flexibility index (Phi) is 6.28. The van der Waals surface area contributed by atoms with E-state index in [4.69, 9.17) is 14.2 Å². The van der Waals surface area contributed by atoms with E-state index in [9.17, 15) is 19.7 Å². The van der Waals surface area contributed by atoms with Crippen molar-refractivity contribution in [3.8, 4) is 17.2 Å². The number of methoxy groups -OCH3 is 3. The minimum Gasteiger partial charge on any atom is -0.496 e. The van der Waals surface area contributed by atoms with E-state index in [-0.39, 0.29) is 23.8 Å². The van der Waals surface area contributed by atoms with Crippen molar-refractivity contribution in [3.63, 3.8) is 0 Å². The summed E-state index contributed by atoms with van der Waals surface area (Å²) in [6.07, 6.45) is 1.51. The molecule has 0 spiro atoms. The van der Waals surface area contributed by atoms with Crippen LogP contribution in [0.15, 0.2) is 41.6 Å².